The second-order valence-corrected chi connectivity index (χ2v) is 2.99. The van der Waals surface area contributed by atoms with Gasteiger partial charge in [-0.05, 0) is 17.7 Å². The molecule has 11 heavy (non-hydrogen) atoms. The Morgan fingerprint density at radius 2 is 1.91 bits per heavy atom. The normalized spacial score (nSPS) is 12.5. The summed E-state index contributed by atoms with van der Waals surface area (Å²) in [6, 6.07) is 6.70. The van der Waals surface area contributed by atoms with Crippen molar-refractivity contribution in [3.8, 4) is 0 Å². The molecule has 1 aromatic rings. The van der Waals surface area contributed by atoms with E-state index in [2.05, 4.69) is 6.58 Å². The Hall–Kier alpha value is -0.930. The maximum atomic E-state index is 10.5. The maximum absolute atomic E-state index is 10.5. The summed E-state index contributed by atoms with van der Waals surface area (Å²) in [6.07, 6.45) is 1.68. The van der Waals surface area contributed by atoms with Crippen molar-refractivity contribution in [2.75, 3.05) is 0 Å². The van der Waals surface area contributed by atoms with Crippen LogP contribution in [0.15, 0.2) is 35.7 Å². The topological polar surface area (TPSA) is 37.3 Å². The number of benzene rings is 1. The fraction of sp³-hybridized carbons (Fsp3) is 0. The van der Waals surface area contributed by atoms with Crippen LogP contribution in [0.4, 0.5) is 0 Å². The average molecular weight is 168 g/mol. The van der Waals surface area contributed by atoms with Crippen molar-refractivity contribution < 1.29 is 8.76 Å². The molecule has 2 nitrogen and oxygen atoms in total. The molecule has 0 saturated carbocycles. The molecule has 1 N–H and O–H groups in total. The molecular formula is C8H8O2S. The molecule has 1 rings (SSSR count). The van der Waals surface area contributed by atoms with Gasteiger partial charge in [-0.1, -0.05) is 24.8 Å². The molecule has 0 aromatic heterocycles. The minimum Gasteiger partial charge on any atom is -0.302 e. The summed E-state index contributed by atoms with van der Waals surface area (Å²) >= 11 is -1.87. The van der Waals surface area contributed by atoms with Crippen LogP contribution in [0.1, 0.15) is 5.56 Å². The van der Waals surface area contributed by atoms with Gasteiger partial charge in [-0.2, -0.15) is 0 Å². The molecule has 0 aliphatic heterocycles. The van der Waals surface area contributed by atoms with Gasteiger partial charge < -0.3 is 4.55 Å². The van der Waals surface area contributed by atoms with E-state index in [9.17, 15) is 4.21 Å². The zero-order chi connectivity index (χ0) is 8.27. The highest BCUT2D eigenvalue weighted by molar-refractivity contribution is 7.79. The predicted molar refractivity (Wildman–Crippen MR) is 45.6 cm³/mol. The molecule has 58 valence electrons. The van der Waals surface area contributed by atoms with Crippen LogP contribution in [-0.2, 0) is 11.1 Å². The summed E-state index contributed by atoms with van der Waals surface area (Å²) in [7, 11) is 0. The van der Waals surface area contributed by atoms with Crippen molar-refractivity contribution in [3.63, 3.8) is 0 Å². The third kappa shape index (κ3) is 2.00. The van der Waals surface area contributed by atoms with E-state index in [1.165, 1.54) is 0 Å². The van der Waals surface area contributed by atoms with Crippen LogP contribution in [0.3, 0.4) is 0 Å². The smallest absolute Gasteiger partial charge is 0.186 e. The second kappa shape index (κ2) is 3.46. The fourth-order valence-electron chi connectivity index (χ4n) is 0.720. The lowest BCUT2D eigenvalue weighted by Gasteiger charge is -1.94. The Kier molecular flexibility index (Phi) is 2.57. The first-order valence-electron chi connectivity index (χ1n) is 3.07. The van der Waals surface area contributed by atoms with Crippen molar-refractivity contribution >= 4 is 17.2 Å². The van der Waals surface area contributed by atoms with Crippen LogP contribution >= 0.6 is 0 Å². The monoisotopic (exact) mass is 168 g/mol. The highest BCUT2D eigenvalue weighted by atomic mass is 32.2. The van der Waals surface area contributed by atoms with E-state index in [1.54, 1.807) is 30.3 Å². The Labute approximate surface area is 67.8 Å². The zero-order valence-corrected chi connectivity index (χ0v) is 6.67. The van der Waals surface area contributed by atoms with Crippen molar-refractivity contribution in [2.24, 2.45) is 0 Å². The molecule has 1 unspecified atom stereocenters. The summed E-state index contributed by atoms with van der Waals surface area (Å²) in [5.74, 6) is 0. The van der Waals surface area contributed by atoms with Crippen LogP contribution in [0.5, 0.6) is 0 Å². The van der Waals surface area contributed by atoms with Crippen LogP contribution in [0.2, 0.25) is 0 Å². The van der Waals surface area contributed by atoms with E-state index in [4.69, 9.17) is 4.55 Å². The molecule has 0 amide bonds. The first kappa shape index (κ1) is 8.17. The summed E-state index contributed by atoms with van der Waals surface area (Å²) < 4.78 is 19.1. The molecule has 3 heteroatoms. The van der Waals surface area contributed by atoms with Crippen LogP contribution in [0.25, 0.3) is 6.08 Å². The van der Waals surface area contributed by atoms with E-state index in [0.29, 0.717) is 4.90 Å². The quantitative estimate of drug-likeness (QED) is 0.685. The summed E-state index contributed by atoms with van der Waals surface area (Å²) in [4.78, 5) is 0.413. The van der Waals surface area contributed by atoms with Gasteiger partial charge in [0.05, 0.1) is 4.90 Å². The lowest BCUT2D eigenvalue weighted by Crippen LogP contribution is -1.86. The highest BCUT2D eigenvalue weighted by Gasteiger charge is 1.96. The number of hydrogen-bond acceptors (Lipinski definition) is 1. The van der Waals surface area contributed by atoms with Gasteiger partial charge in [0.25, 0.3) is 0 Å². The zero-order valence-electron chi connectivity index (χ0n) is 5.86. The van der Waals surface area contributed by atoms with Gasteiger partial charge in [-0.15, -0.1) is 0 Å². The molecule has 0 bridgehead atoms. The third-order valence-corrected chi connectivity index (χ3v) is 1.99. The fourth-order valence-corrected chi connectivity index (χ4v) is 1.09. The van der Waals surface area contributed by atoms with Gasteiger partial charge in [-0.3, -0.25) is 0 Å². The Balaban J connectivity index is 3.00. The summed E-state index contributed by atoms with van der Waals surface area (Å²) in [5.41, 5.74) is 0.944. The molecule has 0 aliphatic rings. The summed E-state index contributed by atoms with van der Waals surface area (Å²) in [6.45, 7) is 3.57. The molecule has 0 spiro atoms. The molecule has 1 atom stereocenters. The lowest BCUT2D eigenvalue weighted by molar-refractivity contribution is 0.564. The highest BCUT2D eigenvalue weighted by Crippen LogP contribution is 2.07. The molecule has 0 heterocycles. The Bertz CT molecular complexity index is 277. The van der Waals surface area contributed by atoms with E-state index in [0.717, 1.165) is 5.56 Å². The SMILES string of the molecule is C=Cc1ccc(S(=O)O)cc1. The first-order valence-corrected chi connectivity index (χ1v) is 4.18. The van der Waals surface area contributed by atoms with E-state index in [-0.39, 0.29) is 0 Å². The van der Waals surface area contributed by atoms with E-state index in [1.807, 2.05) is 0 Å². The molecule has 0 saturated heterocycles. The third-order valence-electron chi connectivity index (χ3n) is 1.32. The molecule has 1 aromatic carbocycles. The van der Waals surface area contributed by atoms with Crippen molar-refractivity contribution in [1.29, 1.82) is 0 Å². The molecule has 0 fully saturated rings. The van der Waals surface area contributed by atoms with Crippen molar-refractivity contribution in [2.45, 2.75) is 4.90 Å². The van der Waals surface area contributed by atoms with Gasteiger partial charge in [0.15, 0.2) is 11.1 Å². The minimum atomic E-state index is -1.87. The maximum Gasteiger partial charge on any atom is 0.186 e. The van der Waals surface area contributed by atoms with Gasteiger partial charge >= 0.3 is 0 Å². The Morgan fingerprint density at radius 1 is 1.36 bits per heavy atom. The van der Waals surface area contributed by atoms with E-state index < -0.39 is 11.1 Å². The van der Waals surface area contributed by atoms with Gasteiger partial charge in [0, 0.05) is 0 Å². The molecular weight excluding hydrogens is 160 g/mol. The van der Waals surface area contributed by atoms with Crippen LogP contribution in [-0.4, -0.2) is 8.76 Å². The van der Waals surface area contributed by atoms with Crippen molar-refractivity contribution in [1.82, 2.24) is 0 Å². The van der Waals surface area contributed by atoms with Crippen LogP contribution < -0.4 is 0 Å². The number of rotatable bonds is 2. The lowest BCUT2D eigenvalue weighted by atomic mass is 10.2. The average Bonchev–Trinajstić information content (AvgIpc) is 2.05. The largest absolute Gasteiger partial charge is 0.302 e. The predicted octanol–water partition coefficient (Wildman–Crippen LogP) is 1.91. The first-order chi connectivity index (χ1) is 5.24. The van der Waals surface area contributed by atoms with Gasteiger partial charge in [0.1, 0.15) is 0 Å². The minimum absolute atomic E-state index is 0.413. The number of hydrogen-bond donors (Lipinski definition) is 1. The van der Waals surface area contributed by atoms with Crippen molar-refractivity contribution in [3.05, 3.63) is 36.4 Å². The second-order valence-electron chi connectivity index (χ2n) is 2.02. The van der Waals surface area contributed by atoms with E-state index >= 15 is 0 Å². The van der Waals surface area contributed by atoms with Gasteiger partial charge in [-0.25, -0.2) is 4.21 Å². The molecule has 0 radical (unpaired) electrons. The summed E-state index contributed by atoms with van der Waals surface area (Å²) in [5, 5.41) is 0. The molecule has 0 aliphatic carbocycles. The van der Waals surface area contributed by atoms with Crippen LogP contribution in [0, 0.1) is 0 Å². The Morgan fingerprint density at radius 3 is 2.27 bits per heavy atom. The standard InChI is InChI=1S/C8H8O2S/c1-2-7-3-5-8(6-4-7)11(9)10/h2-6H,1H2,(H,9,10). The van der Waals surface area contributed by atoms with Gasteiger partial charge in [0.2, 0.25) is 0 Å².